The Kier molecular flexibility index (Phi) is 6.27. The number of benzene rings is 1. The Labute approximate surface area is 160 Å². The quantitative estimate of drug-likeness (QED) is 0.617. The third-order valence-electron chi connectivity index (χ3n) is 5.23. The van der Waals surface area contributed by atoms with E-state index < -0.39 is 11.8 Å². The topological polar surface area (TPSA) is 69.7 Å². The van der Waals surface area contributed by atoms with Crippen molar-refractivity contribution in [2.24, 2.45) is 0 Å². The summed E-state index contributed by atoms with van der Waals surface area (Å²) in [5, 5.41) is 2.97. The van der Waals surface area contributed by atoms with Crippen molar-refractivity contribution in [1.82, 2.24) is 15.1 Å². The Bertz CT molecular complexity index is 740. The largest absolute Gasteiger partial charge is 0.352 e. The van der Waals surface area contributed by atoms with Crippen molar-refractivity contribution in [2.75, 3.05) is 26.7 Å². The first-order chi connectivity index (χ1) is 13.0. The summed E-state index contributed by atoms with van der Waals surface area (Å²) in [5.74, 6) is -1.02. The number of carbonyl (C=O) groups is 3. The lowest BCUT2D eigenvalue weighted by molar-refractivity contribution is -0.155. The average molecular weight is 369 g/mol. The molecule has 0 bridgehead atoms. The van der Waals surface area contributed by atoms with Crippen LogP contribution in [0.4, 0.5) is 0 Å². The van der Waals surface area contributed by atoms with Gasteiger partial charge in [-0.1, -0.05) is 23.8 Å². The normalized spacial score (nSPS) is 17.7. The molecule has 1 N–H and O–H groups in total. The van der Waals surface area contributed by atoms with Crippen LogP contribution in [0.2, 0.25) is 0 Å². The van der Waals surface area contributed by atoms with Gasteiger partial charge in [-0.2, -0.15) is 0 Å². The molecule has 1 saturated heterocycles. The maximum absolute atomic E-state index is 12.3. The Hall–Kier alpha value is -2.63. The molecule has 1 aromatic carbocycles. The van der Waals surface area contributed by atoms with Crippen LogP contribution < -0.4 is 5.32 Å². The van der Waals surface area contributed by atoms with E-state index in [1.54, 1.807) is 24.1 Å². The first-order valence-electron chi connectivity index (χ1n) is 9.64. The Morgan fingerprint density at radius 2 is 1.85 bits per heavy atom. The van der Waals surface area contributed by atoms with Gasteiger partial charge in [-0.25, -0.2) is 0 Å². The summed E-state index contributed by atoms with van der Waals surface area (Å²) >= 11 is 0. The summed E-state index contributed by atoms with van der Waals surface area (Å²) in [6.07, 6.45) is 8.06. The molecule has 3 amide bonds. The maximum atomic E-state index is 12.3. The molecule has 1 fully saturated rings. The second-order valence-corrected chi connectivity index (χ2v) is 7.26. The van der Waals surface area contributed by atoms with E-state index in [-0.39, 0.29) is 5.91 Å². The molecule has 2 aliphatic rings. The van der Waals surface area contributed by atoms with Gasteiger partial charge in [-0.05, 0) is 49.8 Å². The SMILES string of the molecule is CN1CCN(Cc2ccc(C(=O)NCCC3=CCCCC3)cc2)C(=O)C1=O. The van der Waals surface area contributed by atoms with Gasteiger partial charge in [0, 0.05) is 38.8 Å². The summed E-state index contributed by atoms with van der Waals surface area (Å²) in [7, 11) is 1.63. The Morgan fingerprint density at radius 1 is 1.07 bits per heavy atom. The number of nitrogens with one attached hydrogen (secondary N) is 1. The zero-order chi connectivity index (χ0) is 19.2. The summed E-state index contributed by atoms with van der Waals surface area (Å²) in [6.45, 7) is 2.11. The molecule has 0 saturated carbocycles. The smallest absolute Gasteiger partial charge is 0.312 e. The third-order valence-corrected chi connectivity index (χ3v) is 5.23. The number of rotatable bonds is 6. The molecule has 144 valence electrons. The molecule has 0 radical (unpaired) electrons. The minimum Gasteiger partial charge on any atom is -0.352 e. The van der Waals surface area contributed by atoms with E-state index in [1.807, 2.05) is 12.1 Å². The fourth-order valence-electron chi connectivity index (χ4n) is 3.48. The zero-order valence-electron chi connectivity index (χ0n) is 15.9. The lowest BCUT2D eigenvalue weighted by Gasteiger charge is -2.31. The zero-order valence-corrected chi connectivity index (χ0v) is 15.9. The van der Waals surface area contributed by atoms with Crippen LogP contribution in [0.3, 0.4) is 0 Å². The highest BCUT2D eigenvalue weighted by atomic mass is 16.2. The van der Waals surface area contributed by atoms with Crippen LogP contribution >= 0.6 is 0 Å². The Balaban J connectivity index is 1.49. The number of nitrogens with zero attached hydrogens (tertiary/aromatic N) is 2. The van der Waals surface area contributed by atoms with E-state index in [0.29, 0.717) is 31.7 Å². The van der Waals surface area contributed by atoms with E-state index in [2.05, 4.69) is 11.4 Å². The van der Waals surface area contributed by atoms with Crippen LogP contribution in [0.15, 0.2) is 35.9 Å². The molecule has 0 aromatic heterocycles. The fraction of sp³-hybridized carbons (Fsp3) is 0.476. The molecule has 27 heavy (non-hydrogen) atoms. The van der Waals surface area contributed by atoms with Crippen LogP contribution in [-0.2, 0) is 16.1 Å². The van der Waals surface area contributed by atoms with Gasteiger partial charge in [0.25, 0.3) is 5.91 Å². The number of carbonyl (C=O) groups excluding carboxylic acids is 3. The summed E-state index contributed by atoms with van der Waals surface area (Å²) in [6, 6.07) is 7.23. The van der Waals surface area contributed by atoms with Crippen molar-refractivity contribution in [3.63, 3.8) is 0 Å². The lowest BCUT2D eigenvalue weighted by Crippen LogP contribution is -2.52. The van der Waals surface area contributed by atoms with E-state index in [4.69, 9.17) is 0 Å². The van der Waals surface area contributed by atoms with Crippen LogP contribution in [0.1, 0.15) is 48.0 Å². The molecule has 1 heterocycles. The molecule has 6 heteroatoms. The highest BCUT2D eigenvalue weighted by molar-refractivity contribution is 6.35. The minimum atomic E-state index is -0.470. The van der Waals surface area contributed by atoms with Crippen LogP contribution in [0.25, 0.3) is 0 Å². The minimum absolute atomic E-state index is 0.0798. The second kappa shape index (κ2) is 8.84. The molecule has 1 aromatic rings. The van der Waals surface area contributed by atoms with Crippen molar-refractivity contribution in [3.05, 3.63) is 47.0 Å². The summed E-state index contributed by atoms with van der Waals surface area (Å²) in [5.41, 5.74) is 2.96. The van der Waals surface area contributed by atoms with Crippen molar-refractivity contribution in [1.29, 1.82) is 0 Å². The number of amides is 3. The molecule has 0 atom stereocenters. The molecule has 1 aliphatic heterocycles. The summed E-state index contributed by atoms with van der Waals surface area (Å²) < 4.78 is 0. The standard InChI is InChI=1S/C21H27N3O3/c1-23-13-14-24(21(27)20(23)26)15-17-7-9-18(10-8-17)19(25)22-12-11-16-5-3-2-4-6-16/h5,7-10H,2-4,6,11-15H2,1H3,(H,22,25). The van der Waals surface area contributed by atoms with Gasteiger partial charge in [-0.15, -0.1) is 0 Å². The van der Waals surface area contributed by atoms with Crippen molar-refractivity contribution < 1.29 is 14.4 Å². The van der Waals surface area contributed by atoms with E-state index in [9.17, 15) is 14.4 Å². The van der Waals surface area contributed by atoms with Gasteiger partial charge < -0.3 is 15.1 Å². The highest BCUT2D eigenvalue weighted by Crippen LogP contribution is 2.19. The molecule has 1 aliphatic carbocycles. The van der Waals surface area contributed by atoms with Crippen molar-refractivity contribution >= 4 is 17.7 Å². The van der Waals surface area contributed by atoms with Crippen molar-refractivity contribution in [2.45, 2.75) is 38.6 Å². The number of likely N-dealkylation sites (N-methyl/N-ethyl adjacent to an activating group) is 1. The van der Waals surface area contributed by atoms with Gasteiger partial charge in [-0.3, -0.25) is 14.4 Å². The summed E-state index contributed by atoms with van der Waals surface area (Å²) in [4.78, 5) is 39.1. The Morgan fingerprint density at radius 3 is 2.56 bits per heavy atom. The van der Waals surface area contributed by atoms with E-state index >= 15 is 0 Å². The maximum Gasteiger partial charge on any atom is 0.312 e. The molecular weight excluding hydrogens is 342 g/mol. The fourth-order valence-corrected chi connectivity index (χ4v) is 3.48. The first kappa shape index (κ1) is 19.1. The molecule has 3 rings (SSSR count). The number of piperazine rings is 1. The molecular formula is C21H27N3O3. The van der Waals surface area contributed by atoms with Crippen molar-refractivity contribution in [3.8, 4) is 0 Å². The highest BCUT2D eigenvalue weighted by Gasteiger charge is 2.30. The first-order valence-corrected chi connectivity index (χ1v) is 9.64. The van der Waals surface area contributed by atoms with Crippen LogP contribution in [0.5, 0.6) is 0 Å². The van der Waals surface area contributed by atoms with Crippen LogP contribution in [-0.4, -0.2) is 54.2 Å². The second-order valence-electron chi connectivity index (χ2n) is 7.26. The number of hydrogen-bond donors (Lipinski definition) is 1. The van der Waals surface area contributed by atoms with Gasteiger partial charge >= 0.3 is 11.8 Å². The van der Waals surface area contributed by atoms with Crippen LogP contribution in [0, 0.1) is 0 Å². The molecule has 6 nitrogen and oxygen atoms in total. The van der Waals surface area contributed by atoms with Gasteiger partial charge in [0.1, 0.15) is 0 Å². The predicted octanol–water partition coefficient (Wildman–Crippen LogP) is 2.11. The average Bonchev–Trinajstić information content (AvgIpc) is 2.70. The van der Waals surface area contributed by atoms with E-state index in [1.165, 1.54) is 23.3 Å². The lowest BCUT2D eigenvalue weighted by atomic mass is 9.97. The number of allylic oxidation sites excluding steroid dienone is 1. The third kappa shape index (κ3) is 4.96. The van der Waals surface area contributed by atoms with Gasteiger partial charge in [0.15, 0.2) is 0 Å². The molecule has 0 spiro atoms. The molecule has 0 unspecified atom stereocenters. The van der Waals surface area contributed by atoms with E-state index in [0.717, 1.165) is 24.8 Å². The van der Waals surface area contributed by atoms with Gasteiger partial charge in [0.05, 0.1) is 0 Å². The number of hydrogen-bond acceptors (Lipinski definition) is 3. The monoisotopic (exact) mass is 369 g/mol. The van der Waals surface area contributed by atoms with Gasteiger partial charge in [0.2, 0.25) is 0 Å². The predicted molar refractivity (Wildman–Crippen MR) is 103 cm³/mol.